The maximum absolute atomic E-state index is 5.86. The monoisotopic (exact) mass is 310 g/mol. The standard InChI is InChI=1S/C10H15IO3/c11-4-7-5-12-9-8(7)13-6-10(9)2-1-3-14-10/h7-9H,1-6H2. The third-order valence-electron chi connectivity index (χ3n) is 3.62. The second-order valence-electron chi connectivity index (χ2n) is 4.46. The molecule has 3 heterocycles. The highest BCUT2D eigenvalue weighted by Crippen LogP contribution is 2.44. The predicted molar refractivity (Wildman–Crippen MR) is 59.8 cm³/mol. The van der Waals surface area contributed by atoms with Crippen molar-refractivity contribution in [3.05, 3.63) is 0 Å². The molecule has 4 unspecified atom stereocenters. The molecule has 0 N–H and O–H groups in total. The average Bonchev–Trinajstić information content (AvgIpc) is 2.88. The third kappa shape index (κ3) is 1.27. The Morgan fingerprint density at radius 3 is 3.00 bits per heavy atom. The van der Waals surface area contributed by atoms with E-state index in [1.807, 2.05) is 0 Å². The lowest BCUT2D eigenvalue weighted by atomic mass is 9.91. The van der Waals surface area contributed by atoms with Gasteiger partial charge in [-0.15, -0.1) is 0 Å². The summed E-state index contributed by atoms with van der Waals surface area (Å²) in [5, 5.41) is 0. The summed E-state index contributed by atoms with van der Waals surface area (Å²) >= 11 is 2.42. The van der Waals surface area contributed by atoms with Crippen molar-refractivity contribution in [1.82, 2.24) is 0 Å². The molecule has 4 heteroatoms. The minimum Gasteiger partial charge on any atom is -0.372 e. The number of rotatable bonds is 1. The molecular weight excluding hydrogens is 295 g/mol. The van der Waals surface area contributed by atoms with Crippen LogP contribution in [0.5, 0.6) is 0 Å². The van der Waals surface area contributed by atoms with Gasteiger partial charge in [0.1, 0.15) is 11.7 Å². The van der Waals surface area contributed by atoms with Crippen LogP contribution in [0.1, 0.15) is 12.8 Å². The van der Waals surface area contributed by atoms with Gasteiger partial charge in [0.05, 0.1) is 19.3 Å². The molecule has 80 valence electrons. The third-order valence-corrected chi connectivity index (χ3v) is 4.75. The van der Waals surface area contributed by atoms with E-state index in [1.165, 1.54) is 0 Å². The van der Waals surface area contributed by atoms with Crippen LogP contribution in [0.15, 0.2) is 0 Å². The van der Waals surface area contributed by atoms with Crippen LogP contribution in [-0.2, 0) is 14.2 Å². The average molecular weight is 310 g/mol. The zero-order valence-electron chi connectivity index (χ0n) is 8.08. The number of hydrogen-bond acceptors (Lipinski definition) is 3. The molecule has 1 spiro atoms. The molecule has 0 aliphatic carbocycles. The molecule has 0 bridgehead atoms. The highest BCUT2D eigenvalue weighted by Gasteiger charge is 2.58. The SMILES string of the molecule is ICC1COC2C1OCC21CCCO1. The van der Waals surface area contributed by atoms with E-state index in [0.717, 1.165) is 37.1 Å². The molecule has 0 aromatic rings. The van der Waals surface area contributed by atoms with Crippen LogP contribution in [0.4, 0.5) is 0 Å². The van der Waals surface area contributed by atoms with Gasteiger partial charge in [0.2, 0.25) is 0 Å². The number of ether oxygens (including phenoxy) is 3. The molecule has 0 radical (unpaired) electrons. The van der Waals surface area contributed by atoms with E-state index in [2.05, 4.69) is 22.6 Å². The zero-order valence-corrected chi connectivity index (χ0v) is 10.2. The zero-order chi connectivity index (χ0) is 9.60. The summed E-state index contributed by atoms with van der Waals surface area (Å²) in [5.74, 6) is 0.573. The smallest absolute Gasteiger partial charge is 0.120 e. The first-order valence-electron chi connectivity index (χ1n) is 5.29. The van der Waals surface area contributed by atoms with Crippen LogP contribution in [0.25, 0.3) is 0 Å². The summed E-state index contributed by atoms with van der Waals surface area (Å²) in [6.07, 6.45) is 2.78. The molecule has 0 aromatic heterocycles. The summed E-state index contributed by atoms with van der Waals surface area (Å²) in [6.45, 7) is 2.48. The van der Waals surface area contributed by atoms with E-state index in [1.54, 1.807) is 0 Å². The van der Waals surface area contributed by atoms with Gasteiger partial charge in [0, 0.05) is 17.0 Å². The van der Waals surface area contributed by atoms with Gasteiger partial charge in [-0.3, -0.25) is 0 Å². The quantitative estimate of drug-likeness (QED) is 0.541. The topological polar surface area (TPSA) is 27.7 Å². The summed E-state index contributed by atoms with van der Waals surface area (Å²) in [4.78, 5) is 0. The first-order chi connectivity index (χ1) is 6.86. The maximum atomic E-state index is 5.86. The Balaban J connectivity index is 1.80. The van der Waals surface area contributed by atoms with Gasteiger partial charge in [-0.05, 0) is 12.8 Å². The molecule has 4 atom stereocenters. The Bertz CT molecular complexity index is 227. The molecular formula is C10H15IO3. The second kappa shape index (κ2) is 3.57. The molecule has 3 rings (SSSR count). The highest BCUT2D eigenvalue weighted by atomic mass is 127. The van der Waals surface area contributed by atoms with Crippen molar-refractivity contribution in [1.29, 1.82) is 0 Å². The minimum atomic E-state index is -0.0781. The van der Waals surface area contributed by atoms with E-state index >= 15 is 0 Å². The van der Waals surface area contributed by atoms with Crippen molar-refractivity contribution in [2.45, 2.75) is 30.7 Å². The van der Waals surface area contributed by atoms with Crippen LogP contribution < -0.4 is 0 Å². The van der Waals surface area contributed by atoms with Gasteiger partial charge in [-0.1, -0.05) is 22.6 Å². The lowest BCUT2D eigenvalue weighted by molar-refractivity contribution is -0.0802. The Labute approximate surface area is 97.6 Å². The van der Waals surface area contributed by atoms with E-state index in [-0.39, 0.29) is 11.7 Å². The summed E-state index contributed by atoms with van der Waals surface area (Å²) in [5.41, 5.74) is -0.0781. The first kappa shape index (κ1) is 9.81. The maximum Gasteiger partial charge on any atom is 0.120 e. The molecule has 3 aliphatic rings. The number of halogens is 1. The fourth-order valence-electron chi connectivity index (χ4n) is 2.85. The molecule has 3 nitrogen and oxygen atoms in total. The lowest BCUT2D eigenvalue weighted by Crippen LogP contribution is -2.42. The van der Waals surface area contributed by atoms with E-state index < -0.39 is 0 Å². The number of fused-ring (bicyclic) bond motifs is 2. The molecule has 3 saturated heterocycles. The van der Waals surface area contributed by atoms with Gasteiger partial charge in [0.15, 0.2) is 0 Å². The van der Waals surface area contributed by atoms with Crippen molar-refractivity contribution < 1.29 is 14.2 Å². The molecule has 0 amide bonds. The first-order valence-corrected chi connectivity index (χ1v) is 6.81. The number of hydrogen-bond donors (Lipinski definition) is 0. The van der Waals surface area contributed by atoms with Gasteiger partial charge in [-0.25, -0.2) is 0 Å². The van der Waals surface area contributed by atoms with Crippen molar-refractivity contribution in [3.8, 4) is 0 Å². The van der Waals surface area contributed by atoms with Crippen molar-refractivity contribution in [3.63, 3.8) is 0 Å². The van der Waals surface area contributed by atoms with Crippen LogP contribution in [0.3, 0.4) is 0 Å². The Morgan fingerprint density at radius 2 is 2.29 bits per heavy atom. The summed E-state index contributed by atoms with van der Waals surface area (Å²) < 4.78 is 18.7. The van der Waals surface area contributed by atoms with Crippen LogP contribution in [0, 0.1) is 5.92 Å². The molecule has 14 heavy (non-hydrogen) atoms. The van der Waals surface area contributed by atoms with Gasteiger partial charge in [0.25, 0.3) is 0 Å². The molecule has 0 saturated carbocycles. The van der Waals surface area contributed by atoms with Gasteiger partial charge >= 0.3 is 0 Å². The second-order valence-corrected chi connectivity index (χ2v) is 5.34. The molecule has 3 fully saturated rings. The summed E-state index contributed by atoms with van der Waals surface area (Å²) in [6, 6.07) is 0. The van der Waals surface area contributed by atoms with Crippen LogP contribution in [0.2, 0.25) is 0 Å². The van der Waals surface area contributed by atoms with E-state index in [9.17, 15) is 0 Å². The molecule has 0 aromatic carbocycles. The highest BCUT2D eigenvalue weighted by molar-refractivity contribution is 14.1. The molecule has 3 aliphatic heterocycles. The van der Waals surface area contributed by atoms with Gasteiger partial charge in [-0.2, -0.15) is 0 Å². The fraction of sp³-hybridized carbons (Fsp3) is 1.00. The fourth-order valence-corrected chi connectivity index (χ4v) is 3.60. The van der Waals surface area contributed by atoms with Gasteiger partial charge < -0.3 is 14.2 Å². The number of alkyl halides is 1. The predicted octanol–water partition coefficient (Wildman–Crippen LogP) is 1.38. The van der Waals surface area contributed by atoms with E-state index in [0.29, 0.717) is 12.0 Å². The van der Waals surface area contributed by atoms with Crippen LogP contribution >= 0.6 is 22.6 Å². The lowest BCUT2D eigenvalue weighted by Gasteiger charge is -2.26. The normalized spacial score (nSPS) is 51.6. The van der Waals surface area contributed by atoms with Crippen molar-refractivity contribution in [2.24, 2.45) is 5.92 Å². The Kier molecular flexibility index (Phi) is 2.50. The van der Waals surface area contributed by atoms with Crippen molar-refractivity contribution in [2.75, 3.05) is 24.2 Å². The Morgan fingerprint density at radius 1 is 1.36 bits per heavy atom. The largest absolute Gasteiger partial charge is 0.372 e. The van der Waals surface area contributed by atoms with Crippen molar-refractivity contribution >= 4 is 22.6 Å². The summed E-state index contributed by atoms with van der Waals surface area (Å²) in [7, 11) is 0. The Hall–Kier alpha value is 0.610. The van der Waals surface area contributed by atoms with E-state index in [4.69, 9.17) is 14.2 Å². The van der Waals surface area contributed by atoms with Crippen LogP contribution in [-0.4, -0.2) is 42.1 Å². The minimum absolute atomic E-state index is 0.0781.